The summed E-state index contributed by atoms with van der Waals surface area (Å²) in [4.78, 5) is 18.8. The van der Waals surface area contributed by atoms with Crippen molar-refractivity contribution in [1.29, 1.82) is 0 Å². The fourth-order valence-corrected chi connectivity index (χ4v) is 1.34. The molecule has 17 heavy (non-hydrogen) atoms. The molecule has 86 valence electrons. The van der Waals surface area contributed by atoms with Crippen molar-refractivity contribution in [2.75, 3.05) is 0 Å². The van der Waals surface area contributed by atoms with Gasteiger partial charge in [-0.05, 0) is 25.1 Å². The van der Waals surface area contributed by atoms with Gasteiger partial charge in [0, 0.05) is 12.4 Å². The lowest BCUT2D eigenvalue weighted by Crippen LogP contribution is -2.01. The lowest BCUT2D eigenvalue weighted by atomic mass is 10.1. The Morgan fingerprint density at radius 2 is 2.00 bits per heavy atom. The molecule has 0 radical (unpaired) electrons. The lowest BCUT2D eigenvalue weighted by Gasteiger charge is -2.07. The van der Waals surface area contributed by atoms with Gasteiger partial charge in [-0.25, -0.2) is 14.8 Å². The minimum absolute atomic E-state index is 0.0949. The topological polar surface area (TPSA) is 72.3 Å². The van der Waals surface area contributed by atoms with Crippen LogP contribution in [0.2, 0.25) is 0 Å². The van der Waals surface area contributed by atoms with E-state index in [4.69, 9.17) is 9.84 Å². The van der Waals surface area contributed by atoms with Gasteiger partial charge in [-0.3, -0.25) is 0 Å². The van der Waals surface area contributed by atoms with Crippen molar-refractivity contribution in [3.05, 3.63) is 47.8 Å². The summed E-state index contributed by atoms with van der Waals surface area (Å²) in [6.07, 6.45) is 3.05. The highest BCUT2D eigenvalue weighted by atomic mass is 16.5. The number of ether oxygens (including phenoxy) is 1. The molecule has 5 heteroatoms. The molecule has 0 bridgehead atoms. The molecule has 2 aromatic rings. The van der Waals surface area contributed by atoms with Crippen molar-refractivity contribution in [2.45, 2.75) is 6.92 Å². The van der Waals surface area contributed by atoms with Crippen LogP contribution in [0.3, 0.4) is 0 Å². The van der Waals surface area contributed by atoms with E-state index in [9.17, 15) is 4.79 Å². The zero-order valence-corrected chi connectivity index (χ0v) is 9.12. The van der Waals surface area contributed by atoms with Crippen molar-refractivity contribution < 1.29 is 14.6 Å². The van der Waals surface area contributed by atoms with Gasteiger partial charge in [0.2, 0.25) is 0 Å². The average Bonchev–Trinajstić information content (AvgIpc) is 2.32. The summed E-state index contributed by atoms with van der Waals surface area (Å²) in [5.74, 6) is -0.811. The molecule has 1 heterocycles. The van der Waals surface area contributed by atoms with Crippen LogP contribution in [-0.4, -0.2) is 21.0 Å². The number of nitrogens with zero attached hydrogens (tertiary/aromatic N) is 2. The summed E-state index contributed by atoms with van der Waals surface area (Å²) in [5.41, 5.74) is 0.946. The summed E-state index contributed by atoms with van der Waals surface area (Å²) in [6, 6.07) is 6.68. The highest BCUT2D eigenvalue weighted by molar-refractivity contribution is 5.91. The highest BCUT2D eigenvalue weighted by Gasteiger charge is 2.12. The van der Waals surface area contributed by atoms with Crippen LogP contribution in [0.4, 0.5) is 0 Å². The Kier molecular flexibility index (Phi) is 3.00. The van der Waals surface area contributed by atoms with Crippen LogP contribution in [0.25, 0.3) is 0 Å². The molecule has 0 aliphatic rings. The number of hydrogen-bond donors (Lipinski definition) is 1. The number of aryl methyl sites for hydroxylation is 1. The van der Waals surface area contributed by atoms with E-state index in [-0.39, 0.29) is 17.3 Å². The van der Waals surface area contributed by atoms with E-state index < -0.39 is 5.97 Å². The summed E-state index contributed by atoms with van der Waals surface area (Å²) in [7, 11) is 0. The van der Waals surface area contributed by atoms with Crippen LogP contribution in [0, 0.1) is 6.92 Å². The maximum Gasteiger partial charge on any atom is 0.339 e. The number of aromatic carboxylic acids is 1. The van der Waals surface area contributed by atoms with Crippen LogP contribution < -0.4 is 4.74 Å². The fourth-order valence-electron chi connectivity index (χ4n) is 1.34. The third-order valence-corrected chi connectivity index (χ3v) is 2.11. The molecule has 0 spiro atoms. The first-order chi connectivity index (χ1) is 8.16. The molecule has 0 saturated carbocycles. The normalized spacial score (nSPS) is 9.94. The van der Waals surface area contributed by atoms with Gasteiger partial charge in [0.15, 0.2) is 0 Å². The molecule has 1 N–H and O–H groups in total. The van der Waals surface area contributed by atoms with Gasteiger partial charge in [0.1, 0.15) is 11.3 Å². The largest absolute Gasteiger partial charge is 0.478 e. The van der Waals surface area contributed by atoms with E-state index in [1.165, 1.54) is 12.4 Å². The molecule has 2 rings (SSSR count). The molecule has 0 aliphatic heterocycles. The highest BCUT2D eigenvalue weighted by Crippen LogP contribution is 2.23. The second kappa shape index (κ2) is 4.61. The minimum Gasteiger partial charge on any atom is -0.478 e. The Labute approximate surface area is 97.7 Å². The quantitative estimate of drug-likeness (QED) is 0.875. The smallest absolute Gasteiger partial charge is 0.339 e. The average molecular weight is 230 g/mol. The van der Waals surface area contributed by atoms with Gasteiger partial charge in [0.25, 0.3) is 0 Å². The van der Waals surface area contributed by atoms with E-state index >= 15 is 0 Å². The van der Waals surface area contributed by atoms with Gasteiger partial charge in [-0.15, -0.1) is 0 Å². The van der Waals surface area contributed by atoms with Crippen LogP contribution >= 0.6 is 0 Å². The number of carboxylic acids is 1. The van der Waals surface area contributed by atoms with Gasteiger partial charge < -0.3 is 9.84 Å². The standard InChI is InChI=1S/C12H10N2O3/c1-8-3-4-10(9(7-8)11(15)16)17-12-13-5-2-6-14-12/h2-7H,1H3,(H,15,16). The number of hydrogen-bond acceptors (Lipinski definition) is 4. The molecule has 0 unspecified atom stereocenters. The molecule has 0 fully saturated rings. The minimum atomic E-state index is -1.04. The SMILES string of the molecule is Cc1ccc(Oc2ncccn2)c(C(=O)O)c1. The lowest BCUT2D eigenvalue weighted by molar-refractivity contribution is 0.0694. The number of rotatable bonds is 3. The second-order valence-electron chi connectivity index (χ2n) is 3.44. The first-order valence-electron chi connectivity index (χ1n) is 4.95. The molecular formula is C12H10N2O3. The fraction of sp³-hybridized carbons (Fsp3) is 0.0833. The van der Waals surface area contributed by atoms with Crippen molar-refractivity contribution in [3.63, 3.8) is 0 Å². The molecule has 5 nitrogen and oxygen atoms in total. The van der Waals surface area contributed by atoms with E-state index in [1.807, 2.05) is 6.92 Å². The van der Waals surface area contributed by atoms with Crippen LogP contribution in [-0.2, 0) is 0 Å². The van der Waals surface area contributed by atoms with E-state index in [0.29, 0.717) is 0 Å². The molecule has 1 aromatic heterocycles. The van der Waals surface area contributed by atoms with Crippen molar-refractivity contribution in [3.8, 4) is 11.8 Å². The summed E-state index contributed by atoms with van der Waals surface area (Å²) < 4.78 is 5.32. The molecule has 0 atom stereocenters. The maximum atomic E-state index is 11.0. The summed E-state index contributed by atoms with van der Waals surface area (Å²) in [6.45, 7) is 1.81. The molecule has 0 amide bonds. The van der Waals surface area contributed by atoms with Crippen molar-refractivity contribution >= 4 is 5.97 Å². The second-order valence-corrected chi connectivity index (χ2v) is 3.44. The van der Waals surface area contributed by atoms with Gasteiger partial charge in [-0.1, -0.05) is 11.6 Å². The van der Waals surface area contributed by atoms with Gasteiger partial charge >= 0.3 is 12.0 Å². The van der Waals surface area contributed by atoms with Crippen LogP contribution in [0.5, 0.6) is 11.8 Å². The zero-order chi connectivity index (χ0) is 12.3. The Morgan fingerprint density at radius 1 is 1.29 bits per heavy atom. The Bertz CT molecular complexity index is 541. The Balaban J connectivity index is 2.36. The first kappa shape index (κ1) is 11.1. The predicted octanol–water partition coefficient (Wildman–Crippen LogP) is 2.28. The Hall–Kier alpha value is -2.43. The monoisotopic (exact) mass is 230 g/mol. The Morgan fingerprint density at radius 3 is 2.65 bits per heavy atom. The number of carbonyl (C=O) groups is 1. The number of benzene rings is 1. The first-order valence-corrected chi connectivity index (χ1v) is 4.95. The van der Waals surface area contributed by atoms with E-state index in [1.54, 1.807) is 24.3 Å². The van der Waals surface area contributed by atoms with Crippen LogP contribution in [0.1, 0.15) is 15.9 Å². The van der Waals surface area contributed by atoms with Crippen molar-refractivity contribution in [2.24, 2.45) is 0 Å². The van der Waals surface area contributed by atoms with E-state index in [2.05, 4.69) is 9.97 Å². The molecule has 1 aromatic carbocycles. The molecule has 0 aliphatic carbocycles. The summed E-state index contributed by atoms with van der Waals surface area (Å²) in [5, 5.41) is 9.05. The summed E-state index contributed by atoms with van der Waals surface area (Å²) >= 11 is 0. The van der Waals surface area contributed by atoms with Gasteiger partial charge in [0.05, 0.1) is 0 Å². The number of carboxylic acid groups (broad SMARTS) is 1. The zero-order valence-electron chi connectivity index (χ0n) is 9.12. The predicted molar refractivity (Wildman–Crippen MR) is 60.2 cm³/mol. The van der Waals surface area contributed by atoms with E-state index in [0.717, 1.165) is 5.56 Å². The molecular weight excluding hydrogens is 220 g/mol. The third kappa shape index (κ3) is 2.57. The van der Waals surface area contributed by atoms with Crippen LogP contribution in [0.15, 0.2) is 36.7 Å². The van der Waals surface area contributed by atoms with Crippen molar-refractivity contribution in [1.82, 2.24) is 9.97 Å². The number of aromatic nitrogens is 2. The molecule has 0 saturated heterocycles. The maximum absolute atomic E-state index is 11.0. The third-order valence-electron chi connectivity index (χ3n) is 2.11. The van der Waals surface area contributed by atoms with Gasteiger partial charge in [-0.2, -0.15) is 0 Å².